The SMILES string of the molecule is Cc1ncc(OCC(c2cccc(F)c2)C(C)C(=O)Nc2ccc(F)cn2)c(C)n1. The van der Waals surface area contributed by atoms with Crippen LogP contribution in [0.5, 0.6) is 5.75 Å². The first kappa shape index (κ1) is 21.3. The van der Waals surface area contributed by atoms with Crippen molar-refractivity contribution in [3.63, 3.8) is 0 Å². The van der Waals surface area contributed by atoms with Crippen molar-refractivity contribution < 1.29 is 18.3 Å². The highest BCUT2D eigenvalue weighted by molar-refractivity contribution is 5.92. The van der Waals surface area contributed by atoms with Crippen LogP contribution in [0.4, 0.5) is 14.6 Å². The number of ether oxygens (including phenoxy) is 1. The molecule has 3 rings (SSSR count). The Labute approximate surface area is 173 Å². The lowest BCUT2D eigenvalue weighted by Crippen LogP contribution is -2.29. The number of carbonyl (C=O) groups is 1. The molecule has 6 nitrogen and oxygen atoms in total. The number of benzene rings is 1. The Bertz CT molecular complexity index is 1030. The van der Waals surface area contributed by atoms with Gasteiger partial charge < -0.3 is 10.1 Å². The zero-order valence-electron chi connectivity index (χ0n) is 16.9. The quantitative estimate of drug-likeness (QED) is 0.629. The Morgan fingerprint density at radius 3 is 2.57 bits per heavy atom. The number of anilines is 1. The predicted molar refractivity (Wildman–Crippen MR) is 108 cm³/mol. The molecular formula is C22H22F2N4O2. The van der Waals surface area contributed by atoms with Crippen LogP contribution in [0.15, 0.2) is 48.8 Å². The molecule has 0 spiro atoms. The number of aromatic nitrogens is 3. The van der Waals surface area contributed by atoms with Crippen molar-refractivity contribution in [1.29, 1.82) is 0 Å². The number of halogens is 2. The molecule has 0 aliphatic carbocycles. The van der Waals surface area contributed by atoms with Crippen LogP contribution in [0.3, 0.4) is 0 Å². The monoisotopic (exact) mass is 412 g/mol. The van der Waals surface area contributed by atoms with Gasteiger partial charge in [0.2, 0.25) is 5.91 Å². The number of nitrogens with zero attached hydrogens (tertiary/aromatic N) is 3. The van der Waals surface area contributed by atoms with Gasteiger partial charge in [0.25, 0.3) is 0 Å². The van der Waals surface area contributed by atoms with Crippen molar-refractivity contribution in [2.75, 3.05) is 11.9 Å². The summed E-state index contributed by atoms with van der Waals surface area (Å²) in [5.74, 6) is -0.940. The van der Waals surface area contributed by atoms with E-state index in [0.717, 1.165) is 6.20 Å². The number of hydrogen-bond donors (Lipinski definition) is 1. The fourth-order valence-electron chi connectivity index (χ4n) is 3.03. The summed E-state index contributed by atoms with van der Waals surface area (Å²) >= 11 is 0. The van der Waals surface area contributed by atoms with Crippen molar-refractivity contribution in [3.05, 3.63) is 77.5 Å². The average molecular weight is 412 g/mol. The van der Waals surface area contributed by atoms with Crippen LogP contribution < -0.4 is 10.1 Å². The lowest BCUT2D eigenvalue weighted by atomic mass is 9.87. The van der Waals surface area contributed by atoms with E-state index in [1.165, 1.54) is 24.3 Å². The Kier molecular flexibility index (Phi) is 6.66. The smallest absolute Gasteiger partial charge is 0.229 e. The highest BCUT2D eigenvalue weighted by Gasteiger charge is 2.27. The van der Waals surface area contributed by atoms with Gasteiger partial charge in [-0.1, -0.05) is 19.1 Å². The van der Waals surface area contributed by atoms with Crippen LogP contribution in [0.2, 0.25) is 0 Å². The summed E-state index contributed by atoms with van der Waals surface area (Å²) in [5, 5.41) is 2.66. The van der Waals surface area contributed by atoms with Gasteiger partial charge in [0.05, 0.1) is 24.7 Å². The molecule has 1 N–H and O–H groups in total. The van der Waals surface area contributed by atoms with E-state index < -0.39 is 23.5 Å². The minimum absolute atomic E-state index is 0.113. The molecule has 0 bridgehead atoms. The maximum Gasteiger partial charge on any atom is 0.229 e. The van der Waals surface area contributed by atoms with E-state index in [9.17, 15) is 13.6 Å². The molecule has 156 valence electrons. The van der Waals surface area contributed by atoms with E-state index in [2.05, 4.69) is 20.3 Å². The van der Waals surface area contributed by atoms with Crippen LogP contribution in [0, 0.1) is 31.4 Å². The maximum atomic E-state index is 13.8. The number of pyridine rings is 1. The molecule has 2 unspecified atom stereocenters. The van der Waals surface area contributed by atoms with Gasteiger partial charge in [-0.25, -0.2) is 23.7 Å². The van der Waals surface area contributed by atoms with Gasteiger partial charge in [-0.05, 0) is 43.7 Å². The van der Waals surface area contributed by atoms with Crippen molar-refractivity contribution in [3.8, 4) is 5.75 Å². The largest absolute Gasteiger partial charge is 0.489 e. The summed E-state index contributed by atoms with van der Waals surface area (Å²) < 4.78 is 32.8. The third-order valence-corrected chi connectivity index (χ3v) is 4.75. The molecule has 1 aromatic carbocycles. The second-order valence-corrected chi connectivity index (χ2v) is 6.98. The summed E-state index contributed by atoms with van der Waals surface area (Å²) in [4.78, 5) is 25.0. The summed E-state index contributed by atoms with van der Waals surface area (Å²) in [6, 6.07) is 8.64. The van der Waals surface area contributed by atoms with E-state index in [0.29, 0.717) is 22.8 Å². The van der Waals surface area contributed by atoms with E-state index in [1.54, 1.807) is 39.1 Å². The molecule has 0 saturated carbocycles. The molecule has 8 heteroatoms. The van der Waals surface area contributed by atoms with E-state index >= 15 is 0 Å². The molecule has 0 saturated heterocycles. The first-order chi connectivity index (χ1) is 14.3. The third-order valence-electron chi connectivity index (χ3n) is 4.75. The molecule has 2 aromatic heterocycles. The minimum Gasteiger partial charge on any atom is -0.489 e. The highest BCUT2D eigenvalue weighted by Crippen LogP contribution is 2.28. The Morgan fingerprint density at radius 1 is 1.10 bits per heavy atom. The molecular weight excluding hydrogens is 390 g/mol. The topological polar surface area (TPSA) is 77.0 Å². The average Bonchev–Trinajstić information content (AvgIpc) is 2.71. The van der Waals surface area contributed by atoms with Gasteiger partial charge in [-0.2, -0.15) is 0 Å². The Morgan fingerprint density at radius 2 is 1.90 bits per heavy atom. The molecule has 30 heavy (non-hydrogen) atoms. The van der Waals surface area contributed by atoms with Crippen LogP contribution >= 0.6 is 0 Å². The predicted octanol–water partition coefficient (Wildman–Crippen LogP) is 4.20. The molecule has 2 heterocycles. The second kappa shape index (κ2) is 9.39. The number of nitrogens with one attached hydrogen (secondary N) is 1. The molecule has 2 atom stereocenters. The zero-order valence-corrected chi connectivity index (χ0v) is 16.9. The van der Waals surface area contributed by atoms with Crippen LogP contribution in [-0.2, 0) is 4.79 Å². The maximum absolute atomic E-state index is 13.8. The fourth-order valence-corrected chi connectivity index (χ4v) is 3.03. The fraction of sp³-hybridized carbons (Fsp3) is 0.273. The van der Waals surface area contributed by atoms with E-state index in [4.69, 9.17) is 4.74 Å². The third kappa shape index (κ3) is 5.34. The molecule has 1 amide bonds. The summed E-state index contributed by atoms with van der Waals surface area (Å²) in [5.41, 5.74) is 1.29. The van der Waals surface area contributed by atoms with Crippen LogP contribution in [-0.4, -0.2) is 27.5 Å². The normalized spacial score (nSPS) is 12.8. The minimum atomic E-state index is -0.592. The van der Waals surface area contributed by atoms with Gasteiger partial charge in [0.1, 0.15) is 23.3 Å². The second-order valence-electron chi connectivity index (χ2n) is 6.98. The first-order valence-corrected chi connectivity index (χ1v) is 9.44. The van der Waals surface area contributed by atoms with Crippen molar-refractivity contribution >= 4 is 11.7 Å². The number of aryl methyl sites for hydroxylation is 2. The van der Waals surface area contributed by atoms with Crippen molar-refractivity contribution in [2.24, 2.45) is 5.92 Å². The van der Waals surface area contributed by atoms with E-state index in [1.807, 2.05) is 0 Å². The van der Waals surface area contributed by atoms with Gasteiger partial charge in [0, 0.05) is 11.8 Å². The lowest BCUT2D eigenvalue weighted by molar-refractivity contribution is -0.120. The zero-order chi connectivity index (χ0) is 21.7. The standard InChI is InChI=1S/C22H22F2N4O2/c1-13(22(29)28-21-8-7-18(24)10-26-21)19(16-5-4-6-17(23)9-16)12-30-20-11-25-15(3)27-14(20)2/h4-11,13,19H,12H2,1-3H3,(H,26,28,29). The summed E-state index contributed by atoms with van der Waals surface area (Å²) in [7, 11) is 0. The van der Waals surface area contributed by atoms with Gasteiger partial charge in [-0.3, -0.25) is 4.79 Å². The number of rotatable bonds is 7. The first-order valence-electron chi connectivity index (χ1n) is 9.44. The molecule has 0 aliphatic heterocycles. The lowest BCUT2D eigenvalue weighted by Gasteiger charge is -2.24. The van der Waals surface area contributed by atoms with Crippen molar-refractivity contribution in [1.82, 2.24) is 15.0 Å². The van der Waals surface area contributed by atoms with Gasteiger partial charge in [-0.15, -0.1) is 0 Å². The van der Waals surface area contributed by atoms with Gasteiger partial charge in [0.15, 0.2) is 5.75 Å². The number of carbonyl (C=O) groups excluding carboxylic acids is 1. The molecule has 0 aliphatic rings. The molecule has 3 aromatic rings. The summed E-state index contributed by atoms with van der Waals surface area (Å²) in [6.07, 6.45) is 2.60. The Balaban J connectivity index is 1.80. The molecule has 0 fully saturated rings. The Hall–Kier alpha value is -3.42. The van der Waals surface area contributed by atoms with Crippen LogP contribution in [0.25, 0.3) is 0 Å². The van der Waals surface area contributed by atoms with E-state index in [-0.39, 0.29) is 18.3 Å². The van der Waals surface area contributed by atoms with Crippen LogP contribution in [0.1, 0.15) is 29.9 Å². The van der Waals surface area contributed by atoms with Gasteiger partial charge >= 0.3 is 0 Å². The highest BCUT2D eigenvalue weighted by atomic mass is 19.1. The number of hydrogen-bond acceptors (Lipinski definition) is 5. The molecule has 0 radical (unpaired) electrons. The van der Waals surface area contributed by atoms with Crippen molar-refractivity contribution in [2.45, 2.75) is 26.7 Å². The number of amides is 1. The summed E-state index contributed by atoms with van der Waals surface area (Å²) in [6.45, 7) is 5.41.